The summed E-state index contributed by atoms with van der Waals surface area (Å²) in [6.07, 6.45) is 1.93. The van der Waals surface area contributed by atoms with Crippen molar-refractivity contribution < 1.29 is 5.11 Å². The first-order chi connectivity index (χ1) is 6.63. The van der Waals surface area contributed by atoms with E-state index in [-0.39, 0.29) is 6.10 Å². The van der Waals surface area contributed by atoms with Crippen LogP contribution in [-0.2, 0) is 0 Å². The van der Waals surface area contributed by atoms with Crippen LogP contribution in [0, 0.1) is 5.41 Å². The Morgan fingerprint density at radius 1 is 1.29 bits per heavy atom. The van der Waals surface area contributed by atoms with Gasteiger partial charge in [-0.2, -0.15) is 0 Å². The highest BCUT2D eigenvalue weighted by Crippen LogP contribution is 2.38. The maximum Gasteiger partial charge on any atom is 0.0667 e. The first-order valence-corrected chi connectivity index (χ1v) is 5.72. The minimum atomic E-state index is -0.102. The highest BCUT2D eigenvalue weighted by atomic mass is 16.3. The number of hydrogen-bond donors (Lipinski definition) is 1. The Morgan fingerprint density at radius 2 is 1.93 bits per heavy atom. The van der Waals surface area contributed by atoms with Gasteiger partial charge in [0.05, 0.1) is 6.10 Å². The number of hydrogen-bond acceptors (Lipinski definition) is 3. The lowest BCUT2D eigenvalue weighted by Gasteiger charge is -2.60. The summed E-state index contributed by atoms with van der Waals surface area (Å²) in [4.78, 5) is 4.77. The van der Waals surface area contributed by atoms with Crippen molar-refractivity contribution in [1.29, 1.82) is 0 Å². The molecule has 3 nitrogen and oxygen atoms in total. The molecule has 1 spiro atoms. The van der Waals surface area contributed by atoms with Crippen LogP contribution in [0.25, 0.3) is 0 Å². The van der Waals surface area contributed by atoms with Crippen molar-refractivity contribution in [1.82, 2.24) is 9.80 Å². The van der Waals surface area contributed by atoms with Gasteiger partial charge in [0.1, 0.15) is 0 Å². The largest absolute Gasteiger partial charge is 0.392 e. The summed E-state index contributed by atoms with van der Waals surface area (Å²) in [5.74, 6) is 0. The lowest BCUT2D eigenvalue weighted by atomic mass is 9.73. The Labute approximate surface area is 86.7 Å². The summed E-state index contributed by atoms with van der Waals surface area (Å²) in [6.45, 7) is 7.94. The van der Waals surface area contributed by atoms with Crippen LogP contribution in [0.5, 0.6) is 0 Å². The smallest absolute Gasteiger partial charge is 0.0667 e. The van der Waals surface area contributed by atoms with Gasteiger partial charge in [-0.3, -0.25) is 4.90 Å². The van der Waals surface area contributed by atoms with Gasteiger partial charge in [-0.1, -0.05) is 13.3 Å². The van der Waals surface area contributed by atoms with Gasteiger partial charge in [0.25, 0.3) is 0 Å². The maximum atomic E-state index is 9.65. The minimum Gasteiger partial charge on any atom is -0.392 e. The summed E-state index contributed by atoms with van der Waals surface area (Å²) < 4.78 is 0. The van der Waals surface area contributed by atoms with Gasteiger partial charge in [-0.25, -0.2) is 0 Å². The third-order valence-electron chi connectivity index (χ3n) is 3.42. The number of rotatable bonds is 4. The number of nitrogens with zero attached hydrogens (tertiary/aromatic N) is 2. The Balaban J connectivity index is 1.63. The molecular formula is C11H22N2O. The zero-order valence-electron chi connectivity index (χ0n) is 9.37. The molecule has 2 fully saturated rings. The molecule has 82 valence electrons. The third-order valence-corrected chi connectivity index (χ3v) is 3.42. The van der Waals surface area contributed by atoms with E-state index in [1.54, 1.807) is 0 Å². The molecule has 0 amide bonds. The highest BCUT2D eigenvalue weighted by Gasteiger charge is 2.50. The molecule has 1 unspecified atom stereocenters. The van der Waals surface area contributed by atoms with E-state index in [9.17, 15) is 5.11 Å². The van der Waals surface area contributed by atoms with Crippen LogP contribution in [0.1, 0.15) is 19.8 Å². The number of β-amino-alcohol motifs (C(OH)–C–C–N with tert-alkyl or cyclic N) is 1. The third kappa shape index (κ3) is 1.95. The lowest BCUT2D eigenvalue weighted by Crippen LogP contribution is -2.71. The van der Waals surface area contributed by atoms with E-state index in [0.29, 0.717) is 5.41 Å². The first kappa shape index (κ1) is 10.4. The standard InChI is InChI=1S/C11H22N2O/c1-3-4-10(14)5-13-8-11(9-13)6-12(2)7-11/h10,14H,3-9H2,1-2H3. The predicted octanol–water partition coefficient (Wildman–Crippen LogP) is 0.395. The fraction of sp³-hybridized carbons (Fsp3) is 1.00. The molecule has 1 atom stereocenters. The molecular weight excluding hydrogens is 176 g/mol. The molecule has 2 aliphatic rings. The normalized spacial score (nSPS) is 28.5. The van der Waals surface area contributed by atoms with Gasteiger partial charge in [0, 0.05) is 38.1 Å². The van der Waals surface area contributed by atoms with Gasteiger partial charge in [-0.05, 0) is 13.5 Å². The molecule has 0 radical (unpaired) electrons. The second kappa shape index (κ2) is 3.80. The van der Waals surface area contributed by atoms with E-state index in [4.69, 9.17) is 0 Å². The van der Waals surface area contributed by atoms with Crippen LogP contribution in [0.2, 0.25) is 0 Å². The summed E-state index contributed by atoms with van der Waals surface area (Å²) in [5, 5.41) is 9.65. The fourth-order valence-corrected chi connectivity index (χ4v) is 3.05. The van der Waals surface area contributed by atoms with E-state index in [1.165, 1.54) is 26.2 Å². The first-order valence-electron chi connectivity index (χ1n) is 5.72. The quantitative estimate of drug-likeness (QED) is 0.708. The van der Waals surface area contributed by atoms with Crippen molar-refractivity contribution in [2.24, 2.45) is 5.41 Å². The number of aliphatic hydroxyl groups is 1. The molecule has 0 aromatic carbocycles. The Hall–Kier alpha value is -0.120. The molecule has 3 heteroatoms. The SMILES string of the molecule is CCCC(O)CN1CC2(CN(C)C2)C1. The van der Waals surface area contributed by atoms with Crippen molar-refractivity contribution in [3.05, 3.63) is 0 Å². The fourth-order valence-electron chi connectivity index (χ4n) is 3.05. The van der Waals surface area contributed by atoms with Gasteiger partial charge in [0.2, 0.25) is 0 Å². The Kier molecular flexibility index (Phi) is 2.82. The van der Waals surface area contributed by atoms with E-state index >= 15 is 0 Å². The minimum absolute atomic E-state index is 0.102. The topological polar surface area (TPSA) is 26.7 Å². The maximum absolute atomic E-state index is 9.65. The van der Waals surface area contributed by atoms with E-state index in [2.05, 4.69) is 23.8 Å². The predicted molar refractivity (Wildman–Crippen MR) is 57.3 cm³/mol. The van der Waals surface area contributed by atoms with Gasteiger partial charge in [0.15, 0.2) is 0 Å². The van der Waals surface area contributed by atoms with Gasteiger partial charge < -0.3 is 10.0 Å². The van der Waals surface area contributed by atoms with Crippen molar-refractivity contribution in [3.8, 4) is 0 Å². The van der Waals surface area contributed by atoms with E-state index in [1.807, 2.05) is 0 Å². The molecule has 2 heterocycles. The van der Waals surface area contributed by atoms with Crippen molar-refractivity contribution in [2.75, 3.05) is 39.8 Å². The van der Waals surface area contributed by atoms with Crippen LogP contribution in [0.15, 0.2) is 0 Å². The molecule has 1 N–H and O–H groups in total. The van der Waals surface area contributed by atoms with E-state index < -0.39 is 0 Å². The second-order valence-electron chi connectivity index (χ2n) is 5.28. The van der Waals surface area contributed by atoms with Crippen molar-refractivity contribution in [2.45, 2.75) is 25.9 Å². The molecule has 14 heavy (non-hydrogen) atoms. The molecule has 0 bridgehead atoms. The summed E-state index contributed by atoms with van der Waals surface area (Å²) in [5.41, 5.74) is 0.612. The summed E-state index contributed by atoms with van der Waals surface area (Å²) >= 11 is 0. The summed E-state index contributed by atoms with van der Waals surface area (Å²) in [6, 6.07) is 0. The van der Waals surface area contributed by atoms with Gasteiger partial charge >= 0.3 is 0 Å². The molecule has 0 aliphatic carbocycles. The van der Waals surface area contributed by atoms with Crippen molar-refractivity contribution >= 4 is 0 Å². The molecule has 0 saturated carbocycles. The lowest BCUT2D eigenvalue weighted by molar-refractivity contribution is -0.114. The molecule has 2 saturated heterocycles. The van der Waals surface area contributed by atoms with Gasteiger partial charge in [-0.15, -0.1) is 0 Å². The molecule has 0 aromatic heterocycles. The van der Waals surface area contributed by atoms with Crippen LogP contribution in [-0.4, -0.2) is 60.8 Å². The highest BCUT2D eigenvalue weighted by molar-refractivity contribution is 5.04. The molecule has 0 aromatic rings. The average Bonchev–Trinajstić information content (AvgIpc) is 1.98. The second-order valence-corrected chi connectivity index (χ2v) is 5.28. The zero-order valence-corrected chi connectivity index (χ0v) is 9.37. The van der Waals surface area contributed by atoms with Crippen LogP contribution < -0.4 is 0 Å². The van der Waals surface area contributed by atoms with Crippen LogP contribution >= 0.6 is 0 Å². The number of aliphatic hydroxyl groups excluding tert-OH is 1. The Bertz CT molecular complexity index is 191. The van der Waals surface area contributed by atoms with E-state index in [0.717, 1.165) is 19.4 Å². The zero-order chi connectivity index (χ0) is 10.2. The molecule has 2 rings (SSSR count). The van der Waals surface area contributed by atoms with Crippen LogP contribution in [0.4, 0.5) is 0 Å². The molecule has 2 aliphatic heterocycles. The van der Waals surface area contributed by atoms with Crippen LogP contribution in [0.3, 0.4) is 0 Å². The Morgan fingerprint density at radius 3 is 2.43 bits per heavy atom. The average molecular weight is 198 g/mol. The monoisotopic (exact) mass is 198 g/mol. The summed E-state index contributed by atoms with van der Waals surface area (Å²) in [7, 11) is 2.18. The van der Waals surface area contributed by atoms with Crippen molar-refractivity contribution in [3.63, 3.8) is 0 Å². The number of likely N-dealkylation sites (tertiary alicyclic amines) is 2.